The number of carboxylic acids is 1. The van der Waals surface area contributed by atoms with Gasteiger partial charge in [0.1, 0.15) is 4.21 Å². The lowest BCUT2D eigenvalue weighted by molar-refractivity contribution is -0.140. The molecule has 1 aliphatic heterocycles. The molecule has 1 aromatic heterocycles. The number of rotatable bonds is 7. The molecule has 1 aromatic rings. The normalized spacial score (nSPS) is 17.6. The van der Waals surface area contributed by atoms with Crippen LogP contribution in [0, 0.1) is 0 Å². The fourth-order valence-electron chi connectivity index (χ4n) is 2.39. The van der Waals surface area contributed by atoms with E-state index in [1.807, 2.05) is 0 Å². The largest absolute Gasteiger partial charge is 0.481 e. The highest BCUT2D eigenvalue weighted by Gasteiger charge is 2.36. The first-order valence-corrected chi connectivity index (χ1v) is 9.33. The Kier molecular flexibility index (Phi) is 5.74. The van der Waals surface area contributed by atoms with Gasteiger partial charge in [0.05, 0.1) is 18.5 Å². The molecule has 1 amide bonds. The topological polar surface area (TPSA) is 122 Å². The fraction of sp³-hybridized carbons (Fsp3) is 0.538. The molecule has 10 heteroatoms. The van der Waals surface area contributed by atoms with Crippen LogP contribution >= 0.6 is 11.3 Å². The van der Waals surface area contributed by atoms with Gasteiger partial charge in [0.25, 0.3) is 10.0 Å². The third-order valence-electron chi connectivity index (χ3n) is 3.53. The van der Waals surface area contributed by atoms with Crippen molar-refractivity contribution in [1.29, 1.82) is 0 Å². The number of nitrogens with one attached hydrogen (secondary N) is 2. The number of thiophene rings is 1. The molecule has 0 radical (unpaired) electrons. The van der Waals surface area contributed by atoms with Gasteiger partial charge in [-0.05, 0) is 24.3 Å². The zero-order chi connectivity index (χ0) is 16.9. The van der Waals surface area contributed by atoms with Gasteiger partial charge >= 0.3 is 5.97 Å². The molecule has 1 fully saturated rings. The van der Waals surface area contributed by atoms with Gasteiger partial charge in [0.2, 0.25) is 5.91 Å². The lowest BCUT2D eigenvalue weighted by Gasteiger charge is -2.36. The number of ether oxygens (including phenoxy) is 1. The molecular formula is C13H18N2O6S2. The van der Waals surface area contributed by atoms with Crippen LogP contribution in [-0.4, -0.2) is 50.7 Å². The quantitative estimate of drug-likeness (QED) is 0.635. The Morgan fingerprint density at radius 2 is 2.04 bits per heavy atom. The molecule has 128 valence electrons. The molecule has 0 bridgehead atoms. The van der Waals surface area contributed by atoms with Crippen molar-refractivity contribution in [1.82, 2.24) is 10.0 Å². The van der Waals surface area contributed by atoms with Gasteiger partial charge in [0, 0.05) is 13.2 Å². The lowest BCUT2D eigenvalue weighted by atomic mass is 9.86. The Morgan fingerprint density at radius 1 is 1.35 bits per heavy atom. The van der Waals surface area contributed by atoms with Crippen LogP contribution in [0.3, 0.4) is 0 Å². The van der Waals surface area contributed by atoms with E-state index in [2.05, 4.69) is 10.0 Å². The van der Waals surface area contributed by atoms with Crippen LogP contribution < -0.4 is 10.0 Å². The van der Waals surface area contributed by atoms with Crippen LogP contribution in [0.4, 0.5) is 0 Å². The molecule has 0 atom stereocenters. The molecule has 3 N–H and O–H groups in total. The minimum Gasteiger partial charge on any atom is -0.481 e. The molecular weight excluding hydrogens is 344 g/mol. The lowest BCUT2D eigenvalue weighted by Crippen LogP contribution is -2.55. The van der Waals surface area contributed by atoms with Gasteiger partial charge < -0.3 is 15.2 Å². The zero-order valence-electron chi connectivity index (χ0n) is 12.3. The van der Waals surface area contributed by atoms with Crippen LogP contribution in [-0.2, 0) is 24.3 Å². The maximum absolute atomic E-state index is 12.0. The van der Waals surface area contributed by atoms with Gasteiger partial charge in [-0.25, -0.2) is 13.1 Å². The van der Waals surface area contributed by atoms with Crippen LogP contribution in [0.25, 0.3) is 0 Å². The van der Waals surface area contributed by atoms with Gasteiger partial charge in [0.15, 0.2) is 0 Å². The van der Waals surface area contributed by atoms with Crippen molar-refractivity contribution in [2.45, 2.75) is 29.0 Å². The highest BCUT2D eigenvalue weighted by Crippen LogP contribution is 2.24. The average molecular weight is 362 g/mol. The molecule has 8 nitrogen and oxygen atoms in total. The Balaban J connectivity index is 1.95. The fourth-order valence-corrected chi connectivity index (χ4v) is 4.41. The van der Waals surface area contributed by atoms with E-state index in [0.717, 1.165) is 11.3 Å². The summed E-state index contributed by atoms with van der Waals surface area (Å²) in [6.07, 6.45) is 0.533. The van der Waals surface area contributed by atoms with Crippen molar-refractivity contribution in [3.05, 3.63) is 17.5 Å². The highest BCUT2D eigenvalue weighted by molar-refractivity contribution is 7.91. The molecule has 0 saturated carbocycles. The van der Waals surface area contributed by atoms with E-state index in [0.29, 0.717) is 26.1 Å². The van der Waals surface area contributed by atoms with Crippen molar-refractivity contribution in [3.63, 3.8) is 0 Å². The summed E-state index contributed by atoms with van der Waals surface area (Å²) in [5.74, 6) is -1.58. The number of aliphatic carboxylic acids is 1. The molecule has 23 heavy (non-hydrogen) atoms. The third kappa shape index (κ3) is 4.99. The predicted molar refractivity (Wildman–Crippen MR) is 82.7 cm³/mol. The van der Waals surface area contributed by atoms with E-state index in [-0.39, 0.29) is 10.6 Å². The third-order valence-corrected chi connectivity index (χ3v) is 6.33. The molecule has 1 aliphatic rings. The summed E-state index contributed by atoms with van der Waals surface area (Å²) < 4.78 is 31.4. The number of amides is 1. The summed E-state index contributed by atoms with van der Waals surface area (Å²) >= 11 is 1.05. The van der Waals surface area contributed by atoms with E-state index in [9.17, 15) is 18.0 Å². The molecule has 0 aromatic carbocycles. The smallest absolute Gasteiger partial charge is 0.305 e. The van der Waals surface area contributed by atoms with Crippen molar-refractivity contribution in [2.75, 3.05) is 19.8 Å². The SMILES string of the molecule is O=C(O)CC1(NC(=O)CNS(=O)(=O)c2cccs2)CCOCC1. The summed E-state index contributed by atoms with van der Waals surface area (Å²) in [7, 11) is -3.73. The number of sulfonamides is 1. The molecule has 0 aliphatic carbocycles. The van der Waals surface area contributed by atoms with Crippen LogP contribution in [0.5, 0.6) is 0 Å². The van der Waals surface area contributed by atoms with Crippen molar-refractivity contribution >= 4 is 33.2 Å². The van der Waals surface area contributed by atoms with E-state index < -0.39 is 34.0 Å². The Morgan fingerprint density at radius 3 is 2.61 bits per heavy atom. The van der Waals surface area contributed by atoms with E-state index in [1.165, 1.54) is 6.07 Å². The summed E-state index contributed by atoms with van der Waals surface area (Å²) in [5.41, 5.74) is -0.893. The summed E-state index contributed by atoms with van der Waals surface area (Å²) in [6, 6.07) is 3.04. The van der Waals surface area contributed by atoms with Crippen molar-refractivity contribution < 1.29 is 27.9 Å². The Bertz CT molecular complexity index is 650. The number of carboxylic acid groups (broad SMARTS) is 1. The molecule has 2 heterocycles. The van der Waals surface area contributed by atoms with Crippen molar-refractivity contribution in [2.24, 2.45) is 0 Å². The van der Waals surface area contributed by atoms with Gasteiger partial charge in [-0.2, -0.15) is 0 Å². The summed E-state index contributed by atoms with van der Waals surface area (Å²) in [6.45, 7) is 0.269. The zero-order valence-corrected chi connectivity index (χ0v) is 13.9. The Labute approximate surface area is 137 Å². The van der Waals surface area contributed by atoms with E-state index in [4.69, 9.17) is 9.84 Å². The average Bonchev–Trinajstić information content (AvgIpc) is 3.00. The van der Waals surface area contributed by atoms with Gasteiger partial charge in [-0.1, -0.05) is 6.07 Å². The van der Waals surface area contributed by atoms with Crippen LogP contribution in [0.15, 0.2) is 21.7 Å². The molecule has 2 rings (SSSR count). The number of hydrogen-bond donors (Lipinski definition) is 3. The highest BCUT2D eigenvalue weighted by atomic mass is 32.2. The van der Waals surface area contributed by atoms with Gasteiger partial charge in [-0.15, -0.1) is 11.3 Å². The molecule has 0 unspecified atom stereocenters. The maximum atomic E-state index is 12.0. The van der Waals surface area contributed by atoms with E-state index in [1.54, 1.807) is 11.4 Å². The maximum Gasteiger partial charge on any atom is 0.305 e. The van der Waals surface area contributed by atoms with Crippen LogP contribution in [0.1, 0.15) is 19.3 Å². The summed E-state index contributed by atoms with van der Waals surface area (Å²) in [5, 5.41) is 13.3. The minimum absolute atomic E-state index is 0.122. The first-order valence-electron chi connectivity index (χ1n) is 6.97. The Hall–Kier alpha value is -1.49. The summed E-state index contributed by atoms with van der Waals surface area (Å²) in [4.78, 5) is 23.1. The van der Waals surface area contributed by atoms with Crippen molar-refractivity contribution in [3.8, 4) is 0 Å². The monoisotopic (exact) mass is 362 g/mol. The molecule has 1 saturated heterocycles. The second kappa shape index (κ2) is 7.39. The number of carbonyl (C=O) groups excluding carboxylic acids is 1. The molecule has 0 spiro atoms. The predicted octanol–water partition coefficient (Wildman–Crippen LogP) is 0.166. The standard InChI is InChI=1S/C13H18N2O6S2/c16-10(9-14-23(19,20)12-2-1-7-22-12)15-13(8-11(17)18)3-5-21-6-4-13/h1-2,7,14H,3-6,8-9H2,(H,15,16)(H,17,18). The van der Waals surface area contributed by atoms with Crippen LogP contribution in [0.2, 0.25) is 0 Å². The van der Waals surface area contributed by atoms with E-state index >= 15 is 0 Å². The second-order valence-electron chi connectivity index (χ2n) is 5.27. The number of carbonyl (C=O) groups is 2. The first-order chi connectivity index (χ1) is 10.8. The minimum atomic E-state index is -3.73. The number of hydrogen-bond acceptors (Lipinski definition) is 6. The second-order valence-corrected chi connectivity index (χ2v) is 8.21. The first kappa shape index (κ1) is 17.9. The van der Waals surface area contributed by atoms with Gasteiger partial charge in [-0.3, -0.25) is 9.59 Å².